The monoisotopic (exact) mass is 524 g/mol. The lowest BCUT2D eigenvalue weighted by Crippen LogP contribution is -2.49. The van der Waals surface area contributed by atoms with Gasteiger partial charge in [0.1, 0.15) is 16.8 Å². The molecule has 3 aromatic rings. The van der Waals surface area contributed by atoms with Gasteiger partial charge in [0.2, 0.25) is 15.9 Å². The molecule has 1 aliphatic rings. The molecular weight excluding hydrogens is 499 g/mol. The maximum absolute atomic E-state index is 15.1. The zero-order valence-corrected chi connectivity index (χ0v) is 21.0. The molecule has 2 atom stereocenters. The van der Waals surface area contributed by atoms with Gasteiger partial charge in [-0.05, 0) is 61.2 Å². The second-order valence-electron chi connectivity index (χ2n) is 8.57. The molecule has 0 spiro atoms. The van der Waals surface area contributed by atoms with E-state index in [0.717, 1.165) is 9.87 Å². The zero-order chi connectivity index (χ0) is 25.5. The highest BCUT2D eigenvalue weighted by atomic mass is 35.5. The van der Waals surface area contributed by atoms with Crippen LogP contribution in [-0.2, 0) is 10.0 Å². The van der Waals surface area contributed by atoms with Crippen LogP contribution in [0.2, 0.25) is 5.02 Å². The van der Waals surface area contributed by atoms with Crippen LogP contribution in [0.15, 0.2) is 44.4 Å². The van der Waals surface area contributed by atoms with Gasteiger partial charge < -0.3 is 14.4 Å². The number of fused-ring (bicyclic) bond motifs is 1. The largest absolute Gasteiger partial charge is 0.434 e. The van der Waals surface area contributed by atoms with Gasteiger partial charge >= 0.3 is 5.76 Å². The SMILES string of the molecule is Cc1ccc(F)c([C@@H](C)[C@@H](c2n[nH]c(=O)o2)N2CN(CCCO)c3cc(Cl)ccc3S2(=O)=O)c1C. The second kappa shape index (κ2) is 9.73. The lowest BCUT2D eigenvalue weighted by molar-refractivity contribution is 0.231. The summed E-state index contributed by atoms with van der Waals surface area (Å²) in [6, 6.07) is 6.28. The first-order valence-corrected chi connectivity index (χ1v) is 12.9. The van der Waals surface area contributed by atoms with Crippen molar-refractivity contribution < 1.29 is 22.3 Å². The quantitative estimate of drug-likeness (QED) is 0.485. The first-order valence-electron chi connectivity index (χ1n) is 11.0. The molecule has 0 aliphatic carbocycles. The number of nitrogens with one attached hydrogen (secondary N) is 1. The number of sulfonamides is 1. The molecule has 1 aliphatic heterocycles. The molecule has 0 fully saturated rings. The minimum absolute atomic E-state index is 0.00242. The van der Waals surface area contributed by atoms with E-state index in [0.29, 0.717) is 34.8 Å². The Morgan fingerprint density at radius 2 is 2.03 bits per heavy atom. The third-order valence-electron chi connectivity index (χ3n) is 6.42. The molecule has 2 N–H and O–H groups in total. The first-order chi connectivity index (χ1) is 16.6. The molecule has 0 bridgehead atoms. The molecule has 188 valence electrons. The highest BCUT2D eigenvalue weighted by Crippen LogP contribution is 2.44. The molecule has 0 saturated heterocycles. The fraction of sp³-hybridized carbons (Fsp3) is 0.391. The molecule has 0 saturated carbocycles. The molecule has 35 heavy (non-hydrogen) atoms. The van der Waals surface area contributed by atoms with Crippen LogP contribution < -0.4 is 10.7 Å². The molecule has 2 heterocycles. The Balaban J connectivity index is 1.92. The fourth-order valence-corrected chi connectivity index (χ4v) is 6.54. The average Bonchev–Trinajstić information content (AvgIpc) is 3.23. The van der Waals surface area contributed by atoms with Crippen LogP contribution in [0.5, 0.6) is 0 Å². The van der Waals surface area contributed by atoms with Crippen molar-refractivity contribution in [1.82, 2.24) is 14.5 Å². The van der Waals surface area contributed by atoms with Gasteiger partial charge in [-0.25, -0.2) is 22.7 Å². The molecule has 0 amide bonds. The summed E-state index contributed by atoms with van der Waals surface area (Å²) in [7, 11) is -4.15. The number of aliphatic hydroxyl groups is 1. The van der Waals surface area contributed by atoms with Gasteiger partial charge in [0.15, 0.2) is 0 Å². The first kappa shape index (κ1) is 25.4. The molecule has 2 aromatic carbocycles. The maximum atomic E-state index is 15.1. The van der Waals surface area contributed by atoms with Gasteiger partial charge in [-0.3, -0.25) is 0 Å². The van der Waals surface area contributed by atoms with Gasteiger partial charge in [0, 0.05) is 24.1 Å². The predicted molar refractivity (Wildman–Crippen MR) is 129 cm³/mol. The van der Waals surface area contributed by atoms with Crippen molar-refractivity contribution in [1.29, 1.82) is 0 Å². The van der Waals surface area contributed by atoms with Crippen molar-refractivity contribution in [3.8, 4) is 0 Å². The number of anilines is 1. The Morgan fingerprint density at radius 1 is 1.29 bits per heavy atom. The Hall–Kier alpha value is -2.73. The van der Waals surface area contributed by atoms with Gasteiger partial charge in [0.25, 0.3) is 0 Å². The van der Waals surface area contributed by atoms with E-state index in [9.17, 15) is 18.3 Å². The zero-order valence-electron chi connectivity index (χ0n) is 19.5. The number of hydrogen-bond donors (Lipinski definition) is 2. The van der Waals surface area contributed by atoms with E-state index in [2.05, 4.69) is 10.2 Å². The number of H-pyrrole nitrogens is 1. The minimum Gasteiger partial charge on any atom is -0.396 e. The number of rotatable bonds is 7. The summed E-state index contributed by atoms with van der Waals surface area (Å²) in [6.07, 6.45) is 0.378. The van der Waals surface area contributed by atoms with E-state index in [4.69, 9.17) is 16.0 Å². The summed E-state index contributed by atoms with van der Waals surface area (Å²) in [4.78, 5) is 13.6. The smallest absolute Gasteiger partial charge is 0.396 e. The summed E-state index contributed by atoms with van der Waals surface area (Å²) in [5.41, 5.74) is 2.20. The molecule has 12 heteroatoms. The van der Waals surface area contributed by atoms with Crippen molar-refractivity contribution in [3.05, 3.63) is 74.3 Å². The van der Waals surface area contributed by atoms with Crippen LogP contribution in [-0.4, -0.2) is 47.8 Å². The van der Waals surface area contributed by atoms with Gasteiger partial charge in [-0.15, -0.1) is 5.10 Å². The van der Waals surface area contributed by atoms with Crippen LogP contribution in [0, 0.1) is 19.7 Å². The number of halogens is 2. The number of aromatic nitrogens is 2. The van der Waals surface area contributed by atoms with E-state index < -0.39 is 33.6 Å². The molecule has 1 aromatic heterocycles. The van der Waals surface area contributed by atoms with Crippen molar-refractivity contribution in [2.45, 2.75) is 44.0 Å². The number of hydrogen-bond acceptors (Lipinski definition) is 7. The highest BCUT2D eigenvalue weighted by molar-refractivity contribution is 7.89. The number of aromatic amines is 1. The Kier molecular flexibility index (Phi) is 7.05. The Morgan fingerprint density at radius 3 is 2.69 bits per heavy atom. The van der Waals surface area contributed by atoms with E-state index in [-0.39, 0.29) is 24.1 Å². The van der Waals surface area contributed by atoms with Gasteiger partial charge in [-0.1, -0.05) is 24.6 Å². The van der Waals surface area contributed by atoms with Gasteiger partial charge in [0.05, 0.1) is 12.4 Å². The standard InChI is InChI=1S/C23H26ClFN4O5S/c1-13-5-7-17(25)20(14(13)2)15(3)21(22-26-27-23(31)34-22)29-12-28(9-4-10-30)18-11-16(24)6-8-19(18)35(29,32)33/h5-8,11,15,21,30H,4,9-10,12H2,1-3H3,(H,27,31)/t15-,21+/m1/s1. The highest BCUT2D eigenvalue weighted by Gasteiger charge is 2.45. The van der Waals surface area contributed by atoms with Crippen LogP contribution in [0.4, 0.5) is 10.1 Å². The molecule has 0 unspecified atom stereocenters. The summed E-state index contributed by atoms with van der Waals surface area (Å²) in [5, 5.41) is 15.9. The fourth-order valence-electron chi connectivity index (χ4n) is 4.57. The maximum Gasteiger partial charge on any atom is 0.434 e. The summed E-state index contributed by atoms with van der Waals surface area (Å²) >= 11 is 6.16. The number of aryl methyl sites for hydroxylation is 1. The van der Waals surface area contributed by atoms with Gasteiger partial charge in [-0.2, -0.15) is 4.31 Å². The molecule has 9 nitrogen and oxygen atoms in total. The summed E-state index contributed by atoms with van der Waals surface area (Å²) < 4.78 is 49.3. The lowest BCUT2D eigenvalue weighted by Gasteiger charge is -2.42. The third kappa shape index (κ3) is 4.61. The normalized spacial score (nSPS) is 17.3. The van der Waals surface area contributed by atoms with E-state index >= 15 is 4.39 Å². The van der Waals surface area contributed by atoms with Crippen molar-refractivity contribution in [2.24, 2.45) is 0 Å². The number of benzene rings is 2. The van der Waals surface area contributed by atoms with Crippen LogP contribution >= 0.6 is 11.6 Å². The molecular formula is C23H26ClFN4O5S. The van der Waals surface area contributed by atoms with Crippen molar-refractivity contribution >= 4 is 27.3 Å². The van der Waals surface area contributed by atoms with E-state index in [1.165, 1.54) is 18.2 Å². The number of nitrogens with zero attached hydrogens (tertiary/aromatic N) is 3. The van der Waals surface area contributed by atoms with Crippen LogP contribution in [0.1, 0.15) is 47.9 Å². The third-order valence-corrected chi connectivity index (χ3v) is 8.52. The topological polar surface area (TPSA) is 120 Å². The lowest BCUT2D eigenvalue weighted by atomic mass is 9.87. The van der Waals surface area contributed by atoms with Crippen molar-refractivity contribution in [3.63, 3.8) is 0 Å². The summed E-state index contributed by atoms with van der Waals surface area (Å²) in [6.45, 7) is 5.36. The van der Waals surface area contributed by atoms with E-state index in [1.807, 2.05) is 6.92 Å². The Labute approximate surface area is 207 Å². The summed E-state index contributed by atoms with van der Waals surface area (Å²) in [5.74, 6) is -2.30. The molecule has 4 rings (SSSR count). The van der Waals surface area contributed by atoms with Crippen LogP contribution in [0.3, 0.4) is 0 Å². The Bertz CT molecular complexity index is 1410. The second-order valence-corrected chi connectivity index (χ2v) is 10.9. The minimum atomic E-state index is -4.15. The predicted octanol–water partition coefficient (Wildman–Crippen LogP) is 3.47. The average molecular weight is 525 g/mol. The number of aliphatic hydroxyl groups excluding tert-OH is 1. The van der Waals surface area contributed by atoms with Crippen molar-refractivity contribution in [2.75, 3.05) is 24.7 Å². The van der Waals surface area contributed by atoms with Crippen LogP contribution in [0.25, 0.3) is 0 Å². The molecule has 0 radical (unpaired) electrons. The van der Waals surface area contributed by atoms with E-state index in [1.54, 1.807) is 30.9 Å².